The van der Waals surface area contributed by atoms with Gasteiger partial charge in [0.1, 0.15) is 18.1 Å². The second kappa shape index (κ2) is 10.7. The molecule has 0 spiro atoms. The summed E-state index contributed by atoms with van der Waals surface area (Å²) in [4.78, 5) is 42.2. The lowest BCUT2D eigenvalue weighted by Gasteiger charge is -2.25. The number of carbonyl (C=O) groups is 2. The highest BCUT2D eigenvalue weighted by atomic mass is 16.6. The van der Waals surface area contributed by atoms with Crippen LogP contribution in [-0.4, -0.2) is 49.3 Å². The maximum absolute atomic E-state index is 13.1. The van der Waals surface area contributed by atoms with Crippen molar-refractivity contribution in [3.8, 4) is 5.75 Å². The Labute approximate surface area is 206 Å². The summed E-state index contributed by atoms with van der Waals surface area (Å²) in [5.41, 5.74) is 0.626. The Bertz CT molecular complexity index is 1300. The third kappa shape index (κ3) is 5.02. The molecule has 0 aliphatic carbocycles. The summed E-state index contributed by atoms with van der Waals surface area (Å²) >= 11 is 0. The van der Waals surface area contributed by atoms with Gasteiger partial charge in [0.05, 0.1) is 22.9 Å². The molecule has 1 aliphatic rings. The van der Waals surface area contributed by atoms with Crippen LogP contribution in [0.15, 0.2) is 85.5 Å². The van der Waals surface area contributed by atoms with Crippen LogP contribution in [0.4, 0.5) is 5.69 Å². The monoisotopic (exact) mass is 488 g/mol. The fourth-order valence-electron chi connectivity index (χ4n) is 4.10. The van der Waals surface area contributed by atoms with Crippen molar-refractivity contribution in [2.75, 3.05) is 13.2 Å². The van der Waals surface area contributed by atoms with E-state index < -0.39 is 22.7 Å². The van der Waals surface area contributed by atoms with E-state index in [1.807, 2.05) is 4.57 Å². The van der Waals surface area contributed by atoms with E-state index >= 15 is 0 Å². The van der Waals surface area contributed by atoms with Crippen molar-refractivity contribution in [2.24, 2.45) is 0 Å². The number of hydrogen-bond donors (Lipinski definition) is 1. The Hall–Kier alpha value is -4.73. The first-order valence-corrected chi connectivity index (χ1v) is 11.2. The Morgan fingerprint density at radius 2 is 1.86 bits per heavy atom. The number of ether oxygens (including phenoxy) is 1. The summed E-state index contributed by atoms with van der Waals surface area (Å²) in [6.45, 7) is 4.71. The lowest BCUT2D eigenvalue weighted by molar-refractivity contribution is -0.384. The minimum atomic E-state index is -0.898. The van der Waals surface area contributed by atoms with Gasteiger partial charge >= 0.3 is 0 Å². The average Bonchev–Trinajstić information content (AvgIpc) is 3.50. The minimum Gasteiger partial charge on any atom is -0.507 e. The van der Waals surface area contributed by atoms with Crippen LogP contribution in [0.1, 0.15) is 23.6 Å². The SMILES string of the molecule is C=CCOc1ccc(/C(O)=C2\C(=O)C(=O)N(CCCn3ccnc3)C2c2ccc([N+](=O)[O-])cc2)cc1. The zero-order valence-electron chi connectivity index (χ0n) is 19.3. The van der Waals surface area contributed by atoms with E-state index in [0.29, 0.717) is 36.4 Å². The maximum atomic E-state index is 13.1. The van der Waals surface area contributed by atoms with Gasteiger partial charge in [0.2, 0.25) is 0 Å². The number of aliphatic hydroxyl groups is 1. The molecule has 4 rings (SSSR count). The van der Waals surface area contributed by atoms with Crippen LogP contribution >= 0.6 is 0 Å². The third-order valence-electron chi connectivity index (χ3n) is 5.83. The Balaban J connectivity index is 1.70. The molecule has 184 valence electrons. The van der Waals surface area contributed by atoms with Gasteiger partial charge in [0.25, 0.3) is 17.4 Å². The van der Waals surface area contributed by atoms with E-state index in [4.69, 9.17) is 4.74 Å². The van der Waals surface area contributed by atoms with Crippen LogP contribution in [0.5, 0.6) is 5.75 Å². The smallest absolute Gasteiger partial charge is 0.295 e. The number of hydrogen-bond acceptors (Lipinski definition) is 7. The number of nitro benzene ring substituents is 1. The highest BCUT2D eigenvalue weighted by molar-refractivity contribution is 6.46. The first kappa shape index (κ1) is 24.4. The molecule has 2 aromatic carbocycles. The number of likely N-dealkylation sites (tertiary alicyclic amines) is 1. The molecule has 3 aromatic rings. The van der Waals surface area contributed by atoms with Crippen LogP contribution in [0.3, 0.4) is 0 Å². The van der Waals surface area contributed by atoms with Gasteiger partial charge in [-0.05, 0) is 48.4 Å². The highest BCUT2D eigenvalue weighted by Crippen LogP contribution is 2.40. The Morgan fingerprint density at radius 3 is 2.47 bits per heavy atom. The summed E-state index contributed by atoms with van der Waals surface area (Å²) in [5, 5.41) is 22.3. The standard InChI is InChI=1S/C26H24N4O6/c1-2-16-36-21-10-6-19(7-11-21)24(31)22-23(18-4-8-20(9-5-18)30(34)35)29(26(33)25(22)32)14-3-13-28-15-12-27-17-28/h2,4-12,15,17,23,31H,1,3,13-14,16H2/b24-22+. The number of nitrogens with zero attached hydrogens (tertiary/aromatic N) is 4. The summed E-state index contributed by atoms with van der Waals surface area (Å²) in [6, 6.07) is 11.2. The topological polar surface area (TPSA) is 128 Å². The number of non-ortho nitro benzene ring substituents is 1. The van der Waals surface area contributed by atoms with E-state index in [1.165, 1.54) is 29.2 Å². The maximum Gasteiger partial charge on any atom is 0.295 e. The number of rotatable bonds is 10. The predicted octanol–water partition coefficient (Wildman–Crippen LogP) is 3.87. The quantitative estimate of drug-likeness (QED) is 0.115. The molecular formula is C26H24N4O6. The van der Waals surface area contributed by atoms with Crippen LogP contribution in [-0.2, 0) is 16.1 Å². The van der Waals surface area contributed by atoms with Crippen molar-refractivity contribution in [3.63, 3.8) is 0 Å². The molecule has 1 N–H and O–H groups in total. The van der Waals surface area contributed by atoms with Crippen molar-refractivity contribution >= 4 is 23.1 Å². The molecule has 0 saturated carbocycles. The van der Waals surface area contributed by atoms with Crippen LogP contribution in [0, 0.1) is 10.1 Å². The molecule has 1 amide bonds. The molecule has 10 nitrogen and oxygen atoms in total. The normalized spacial score (nSPS) is 16.8. The molecular weight excluding hydrogens is 464 g/mol. The van der Waals surface area contributed by atoms with Crippen LogP contribution in [0.25, 0.3) is 5.76 Å². The van der Waals surface area contributed by atoms with Crippen molar-refractivity contribution in [1.29, 1.82) is 0 Å². The van der Waals surface area contributed by atoms with Crippen molar-refractivity contribution in [2.45, 2.75) is 19.0 Å². The number of benzene rings is 2. The minimum absolute atomic E-state index is 0.0729. The molecule has 0 bridgehead atoms. The number of nitro groups is 1. The fraction of sp³-hybridized carbons (Fsp3) is 0.192. The molecule has 2 heterocycles. The van der Waals surface area contributed by atoms with Gasteiger partial charge in [-0.2, -0.15) is 0 Å². The van der Waals surface area contributed by atoms with E-state index in [9.17, 15) is 24.8 Å². The summed E-state index contributed by atoms with van der Waals surface area (Å²) < 4.78 is 7.31. The first-order chi connectivity index (χ1) is 17.4. The van der Waals surface area contributed by atoms with E-state index in [1.54, 1.807) is 49.1 Å². The van der Waals surface area contributed by atoms with Crippen molar-refractivity contribution < 1.29 is 24.4 Å². The molecule has 36 heavy (non-hydrogen) atoms. The second-order valence-corrected chi connectivity index (χ2v) is 8.12. The van der Waals surface area contributed by atoms with Gasteiger partial charge < -0.3 is 19.3 Å². The second-order valence-electron chi connectivity index (χ2n) is 8.12. The lowest BCUT2D eigenvalue weighted by atomic mass is 9.95. The number of carbonyl (C=O) groups excluding carboxylic acids is 2. The summed E-state index contributed by atoms with van der Waals surface area (Å²) in [6.07, 6.45) is 7.24. The number of aryl methyl sites for hydroxylation is 1. The van der Waals surface area contributed by atoms with Crippen molar-refractivity contribution in [3.05, 3.63) is 107 Å². The van der Waals surface area contributed by atoms with E-state index in [-0.39, 0.29) is 23.6 Å². The molecule has 10 heteroatoms. The predicted molar refractivity (Wildman–Crippen MR) is 131 cm³/mol. The largest absolute Gasteiger partial charge is 0.507 e. The van der Waals surface area contributed by atoms with Gasteiger partial charge in [-0.1, -0.05) is 12.7 Å². The van der Waals surface area contributed by atoms with Gasteiger partial charge in [-0.15, -0.1) is 0 Å². The Morgan fingerprint density at radius 1 is 1.14 bits per heavy atom. The number of aliphatic hydroxyl groups excluding tert-OH is 1. The zero-order valence-corrected chi connectivity index (χ0v) is 19.3. The highest BCUT2D eigenvalue weighted by Gasteiger charge is 2.45. The fourth-order valence-corrected chi connectivity index (χ4v) is 4.10. The molecule has 0 radical (unpaired) electrons. The van der Waals surface area contributed by atoms with Crippen molar-refractivity contribution in [1.82, 2.24) is 14.5 Å². The zero-order chi connectivity index (χ0) is 25.7. The summed E-state index contributed by atoms with van der Waals surface area (Å²) in [7, 11) is 0. The van der Waals surface area contributed by atoms with Gasteiger partial charge in [-0.3, -0.25) is 19.7 Å². The van der Waals surface area contributed by atoms with E-state index in [2.05, 4.69) is 11.6 Å². The summed E-state index contributed by atoms with van der Waals surface area (Å²) in [5.74, 6) is -1.33. The van der Waals surface area contributed by atoms with Crippen LogP contribution in [0.2, 0.25) is 0 Å². The van der Waals surface area contributed by atoms with Gasteiger partial charge in [-0.25, -0.2) is 4.98 Å². The number of ketones is 1. The first-order valence-electron chi connectivity index (χ1n) is 11.2. The lowest BCUT2D eigenvalue weighted by Crippen LogP contribution is -2.31. The van der Waals surface area contributed by atoms with Gasteiger partial charge in [0.15, 0.2) is 0 Å². The molecule has 1 aromatic heterocycles. The number of amides is 1. The Kier molecular flexibility index (Phi) is 7.24. The third-order valence-corrected chi connectivity index (χ3v) is 5.83. The van der Waals surface area contributed by atoms with Crippen LogP contribution < -0.4 is 4.74 Å². The van der Waals surface area contributed by atoms with Gasteiger partial charge in [0, 0.05) is 43.2 Å². The number of Topliss-reactive ketones (excluding diaryl/α,β-unsaturated/α-hetero) is 1. The number of imidazole rings is 1. The average molecular weight is 489 g/mol. The number of aromatic nitrogens is 2. The molecule has 1 unspecified atom stereocenters. The molecule has 1 saturated heterocycles. The van der Waals surface area contributed by atoms with E-state index in [0.717, 1.165) is 0 Å². The molecule has 1 atom stereocenters. The molecule has 1 aliphatic heterocycles. The molecule has 1 fully saturated rings.